The molecular formula is C26H27ClN2O5. The second-order valence-corrected chi connectivity index (χ2v) is 8.52. The molecule has 7 nitrogen and oxygen atoms in total. The summed E-state index contributed by atoms with van der Waals surface area (Å²) in [4.78, 5) is 22.4. The summed E-state index contributed by atoms with van der Waals surface area (Å²) < 4.78 is 7.10. The van der Waals surface area contributed by atoms with Crippen LogP contribution in [0.15, 0.2) is 70.7 Å². The van der Waals surface area contributed by atoms with Crippen LogP contribution in [0.3, 0.4) is 0 Å². The molecule has 1 aromatic heterocycles. The number of hydrogen-bond donors (Lipinski definition) is 2. The van der Waals surface area contributed by atoms with Crippen molar-refractivity contribution < 1.29 is 19.8 Å². The topological polar surface area (TPSA) is 101 Å². The molecular weight excluding hydrogens is 456 g/mol. The van der Waals surface area contributed by atoms with Crippen molar-refractivity contribution in [2.24, 2.45) is 12.2 Å². The number of hydrogen-bond acceptors (Lipinski definition) is 5. The Hall–Kier alpha value is -3.58. The molecule has 2 aromatic carbocycles. The molecule has 1 unspecified atom stereocenters. The predicted molar refractivity (Wildman–Crippen MR) is 131 cm³/mol. The number of benzene rings is 2. The van der Waals surface area contributed by atoms with Gasteiger partial charge in [-0.1, -0.05) is 35.0 Å². The molecule has 0 amide bonds. The second-order valence-electron chi connectivity index (χ2n) is 8.09. The first-order valence-corrected chi connectivity index (χ1v) is 11.2. The summed E-state index contributed by atoms with van der Waals surface area (Å²) >= 11 is 6.18. The molecule has 0 fully saturated rings. The number of aromatic nitrogens is 1. The fraction of sp³-hybridized carbons (Fsp3) is 0.269. The fourth-order valence-electron chi connectivity index (χ4n) is 3.82. The number of carbonyl (C=O) groups is 1. The minimum atomic E-state index is -0.847. The van der Waals surface area contributed by atoms with Crippen LogP contribution in [0.5, 0.6) is 5.75 Å². The van der Waals surface area contributed by atoms with Crippen LogP contribution in [-0.4, -0.2) is 33.2 Å². The van der Waals surface area contributed by atoms with Crippen molar-refractivity contribution in [3.8, 4) is 5.75 Å². The van der Waals surface area contributed by atoms with E-state index in [1.54, 1.807) is 19.3 Å². The lowest BCUT2D eigenvalue weighted by atomic mass is 9.83. The maximum Gasteiger partial charge on any atom is 0.303 e. The number of halogens is 1. The highest BCUT2D eigenvalue weighted by atomic mass is 35.5. The number of oxime groups is 1. The third kappa shape index (κ3) is 6.48. The van der Waals surface area contributed by atoms with Gasteiger partial charge in [-0.25, -0.2) is 0 Å². The summed E-state index contributed by atoms with van der Waals surface area (Å²) in [5.41, 5.74) is 3.97. The average molecular weight is 483 g/mol. The molecule has 0 aliphatic heterocycles. The Morgan fingerprint density at radius 2 is 1.88 bits per heavy atom. The van der Waals surface area contributed by atoms with E-state index < -0.39 is 5.97 Å². The van der Waals surface area contributed by atoms with Gasteiger partial charge in [-0.2, -0.15) is 0 Å². The Kier molecular flexibility index (Phi) is 8.49. The molecule has 2 N–H and O–H groups in total. The van der Waals surface area contributed by atoms with Crippen LogP contribution in [0.1, 0.15) is 47.4 Å². The number of carboxylic acid groups (broad SMARTS) is 1. The van der Waals surface area contributed by atoms with Crippen molar-refractivity contribution in [3.63, 3.8) is 0 Å². The van der Waals surface area contributed by atoms with E-state index in [-0.39, 0.29) is 17.9 Å². The second kappa shape index (κ2) is 11.5. The van der Waals surface area contributed by atoms with Crippen molar-refractivity contribution in [2.45, 2.75) is 32.1 Å². The molecule has 178 valence electrons. The van der Waals surface area contributed by atoms with Gasteiger partial charge >= 0.3 is 5.97 Å². The van der Waals surface area contributed by atoms with Gasteiger partial charge < -0.3 is 19.6 Å². The van der Waals surface area contributed by atoms with Gasteiger partial charge in [-0.05, 0) is 60.4 Å². The van der Waals surface area contributed by atoms with Gasteiger partial charge in [0.15, 0.2) is 0 Å². The van der Waals surface area contributed by atoms with Gasteiger partial charge in [0.25, 0.3) is 0 Å². The minimum absolute atomic E-state index is 0.0599. The van der Waals surface area contributed by atoms with Crippen LogP contribution in [-0.2, 0) is 11.8 Å². The third-order valence-electron chi connectivity index (χ3n) is 5.63. The first kappa shape index (κ1) is 25.1. The van der Waals surface area contributed by atoms with E-state index in [9.17, 15) is 14.8 Å². The van der Waals surface area contributed by atoms with Crippen LogP contribution in [0.2, 0.25) is 5.02 Å². The van der Waals surface area contributed by atoms with E-state index >= 15 is 0 Å². The highest BCUT2D eigenvalue weighted by molar-refractivity contribution is 6.30. The maximum absolute atomic E-state index is 11.8. The molecule has 1 atom stereocenters. The molecule has 1 heterocycles. The zero-order valence-corrected chi connectivity index (χ0v) is 19.8. The summed E-state index contributed by atoms with van der Waals surface area (Å²) in [5.74, 6) is -0.351. The summed E-state index contributed by atoms with van der Waals surface area (Å²) in [7, 11) is 1.65. The number of carboxylic acids is 1. The number of rotatable bonds is 10. The molecule has 0 saturated heterocycles. The first-order valence-electron chi connectivity index (χ1n) is 10.9. The van der Waals surface area contributed by atoms with Crippen molar-refractivity contribution in [3.05, 3.63) is 98.4 Å². The van der Waals surface area contributed by atoms with Crippen LogP contribution in [0, 0.1) is 6.92 Å². The van der Waals surface area contributed by atoms with Crippen molar-refractivity contribution in [1.82, 2.24) is 4.57 Å². The van der Waals surface area contributed by atoms with E-state index in [1.165, 1.54) is 10.6 Å². The van der Waals surface area contributed by atoms with Crippen molar-refractivity contribution in [2.75, 3.05) is 6.61 Å². The molecule has 8 heteroatoms. The van der Waals surface area contributed by atoms with Crippen molar-refractivity contribution >= 4 is 23.3 Å². The lowest BCUT2D eigenvalue weighted by molar-refractivity contribution is -0.137. The van der Waals surface area contributed by atoms with Gasteiger partial charge in [0, 0.05) is 48.7 Å². The maximum atomic E-state index is 11.8. The van der Waals surface area contributed by atoms with Gasteiger partial charge in [-0.15, -0.1) is 0 Å². The normalized spacial score (nSPS) is 12.4. The lowest BCUT2D eigenvalue weighted by Crippen LogP contribution is -2.18. The molecule has 0 aliphatic rings. The van der Waals surface area contributed by atoms with Crippen LogP contribution < -0.4 is 10.3 Å². The number of nitrogens with zero attached hydrogens (tertiary/aromatic N) is 2. The monoisotopic (exact) mass is 482 g/mol. The quantitative estimate of drug-likeness (QED) is 0.183. The van der Waals surface area contributed by atoms with Crippen molar-refractivity contribution in [1.29, 1.82) is 0 Å². The van der Waals surface area contributed by atoms with Gasteiger partial charge in [-0.3, -0.25) is 9.59 Å². The number of pyridine rings is 1. The lowest BCUT2D eigenvalue weighted by Gasteiger charge is -2.21. The first-order chi connectivity index (χ1) is 16.3. The van der Waals surface area contributed by atoms with E-state index in [1.807, 2.05) is 49.4 Å². The molecule has 3 rings (SSSR count). The molecule has 0 bridgehead atoms. The average Bonchev–Trinajstić information content (AvgIpc) is 2.81. The Balaban J connectivity index is 1.90. The largest absolute Gasteiger partial charge is 0.494 e. The highest BCUT2D eigenvalue weighted by Crippen LogP contribution is 2.34. The molecule has 34 heavy (non-hydrogen) atoms. The van der Waals surface area contributed by atoms with Crippen LogP contribution >= 0.6 is 11.6 Å². The standard InChI is InChI=1S/C26H27ClN2O5/c1-17-14-20(27)8-11-22(17)23(15-24(28-33)19-7-12-25(30)29(2)16-19)18-5-9-21(10-6-18)34-13-3-4-26(31)32/h5-12,14,16,23,33H,3-4,13,15H2,1-2H3,(H,31,32). The van der Waals surface area contributed by atoms with Gasteiger partial charge in [0.05, 0.1) is 12.3 Å². The van der Waals surface area contributed by atoms with Gasteiger partial charge in [0.1, 0.15) is 5.75 Å². The number of aliphatic carboxylic acids is 1. The van der Waals surface area contributed by atoms with Crippen LogP contribution in [0.4, 0.5) is 0 Å². The van der Waals surface area contributed by atoms with E-state index in [4.69, 9.17) is 21.4 Å². The summed E-state index contributed by atoms with van der Waals surface area (Å²) in [6.45, 7) is 2.30. The van der Waals surface area contributed by atoms with E-state index in [0.717, 1.165) is 16.7 Å². The third-order valence-corrected chi connectivity index (χ3v) is 5.87. The van der Waals surface area contributed by atoms with E-state index in [2.05, 4.69) is 5.16 Å². The van der Waals surface area contributed by atoms with Gasteiger partial charge in [0.2, 0.25) is 5.56 Å². The zero-order chi connectivity index (χ0) is 24.7. The fourth-order valence-corrected chi connectivity index (χ4v) is 4.05. The molecule has 3 aromatic rings. The Morgan fingerprint density at radius 3 is 2.50 bits per heavy atom. The molecule has 0 spiro atoms. The SMILES string of the molecule is Cc1cc(Cl)ccc1C(CC(=NO)c1ccc(=O)n(C)c1)c1ccc(OCCCC(=O)O)cc1. The predicted octanol–water partition coefficient (Wildman–Crippen LogP) is 4.99. The minimum Gasteiger partial charge on any atom is -0.494 e. The molecule has 0 radical (unpaired) electrons. The summed E-state index contributed by atoms with van der Waals surface area (Å²) in [6.07, 6.45) is 2.52. The Bertz CT molecular complexity index is 1230. The summed E-state index contributed by atoms with van der Waals surface area (Å²) in [5, 5.41) is 22.8. The number of aryl methyl sites for hydroxylation is 2. The number of ether oxygens (including phenoxy) is 1. The molecule has 0 aliphatic carbocycles. The van der Waals surface area contributed by atoms with E-state index in [0.29, 0.717) is 41.5 Å². The summed E-state index contributed by atoms with van der Waals surface area (Å²) in [6, 6.07) is 16.4. The smallest absolute Gasteiger partial charge is 0.303 e. The Labute approximate surface area is 202 Å². The van der Waals surface area contributed by atoms with Crippen LogP contribution in [0.25, 0.3) is 0 Å². The highest BCUT2D eigenvalue weighted by Gasteiger charge is 2.21. The molecule has 0 saturated carbocycles. The Morgan fingerprint density at radius 1 is 1.15 bits per heavy atom. The zero-order valence-electron chi connectivity index (χ0n) is 19.1.